The Morgan fingerprint density at radius 3 is 2.58 bits per heavy atom. The van der Waals surface area contributed by atoms with E-state index in [0.717, 1.165) is 27.6 Å². The third-order valence-corrected chi connectivity index (χ3v) is 4.19. The average molecular weight is 271 g/mol. The minimum absolute atomic E-state index is 0.359. The zero-order valence-electron chi connectivity index (χ0n) is 10.5. The van der Waals surface area contributed by atoms with Crippen LogP contribution in [0.4, 0.5) is 16.2 Å². The molecule has 0 saturated carbocycles. The highest BCUT2D eigenvalue weighted by molar-refractivity contribution is 7.98. The van der Waals surface area contributed by atoms with Crippen molar-refractivity contribution in [3.63, 3.8) is 0 Å². The van der Waals surface area contributed by atoms with Crippen LogP contribution in [0.3, 0.4) is 0 Å². The number of carbonyl (C=O) groups is 1. The molecule has 0 saturated heterocycles. The molecule has 96 valence electrons. The van der Waals surface area contributed by atoms with Gasteiger partial charge in [-0.25, -0.2) is 9.69 Å². The topological polar surface area (TPSA) is 29.5 Å². The number of rotatable bonds is 0. The number of benzene rings is 2. The van der Waals surface area contributed by atoms with Gasteiger partial charge in [-0.3, -0.25) is 0 Å². The lowest BCUT2D eigenvalue weighted by Crippen LogP contribution is -2.26. The minimum atomic E-state index is -0.359. The second-order valence-corrected chi connectivity index (χ2v) is 5.21. The second kappa shape index (κ2) is 4.97. The van der Waals surface area contributed by atoms with Crippen LogP contribution < -0.4 is 4.90 Å². The van der Waals surface area contributed by atoms with Crippen LogP contribution in [0, 0.1) is 0 Å². The SMILES string of the molecule is COC(=O)N1c2ccccc2CSc2ccccc21. The maximum Gasteiger partial charge on any atom is 0.418 e. The highest BCUT2D eigenvalue weighted by Crippen LogP contribution is 2.42. The molecule has 1 amide bonds. The zero-order chi connectivity index (χ0) is 13.2. The van der Waals surface area contributed by atoms with Crippen molar-refractivity contribution in [1.29, 1.82) is 0 Å². The predicted octanol–water partition coefficient (Wildman–Crippen LogP) is 4.20. The maximum atomic E-state index is 12.1. The predicted molar refractivity (Wildman–Crippen MR) is 77.0 cm³/mol. The number of thioether (sulfide) groups is 1. The van der Waals surface area contributed by atoms with Gasteiger partial charge >= 0.3 is 6.09 Å². The molecule has 0 atom stereocenters. The molecule has 0 fully saturated rings. The molecule has 0 aliphatic carbocycles. The molecule has 0 N–H and O–H groups in total. The summed E-state index contributed by atoms with van der Waals surface area (Å²) in [4.78, 5) is 14.9. The van der Waals surface area contributed by atoms with E-state index in [1.165, 1.54) is 7.11 Å². The molecule has 3 rings (SSSR count). The van der Waals surface area contributed by atoms with Gasteiger partial charge in [0.2, 0.25) is 0 Å². The molecule has 1 heterocycles. The molecule has 2 aromatic rings. The van der Waals surface area contributed by atoms with Gasteiger partial charge in [0.15, 0.2) is 0 Å². The smallest absolute Gasteiger partial charge is 0.418 e. The molecule has 4 heteroatoms. The van der Waals surface area contributed by atoms with E-state index in [9.17, 15) is 4.79 Å². The number of hydrogen-bond acceptors (Lipinski definition) is 3. The Balaban J connectivity index is 2.22. The van der Waals surface area contributed by atoms with Crippen LogP contribution >= 0.6 is 11.8 Å². The van der Waals surface area contributed by atoms with Crippen molar-refractivity contribution in [1.82, 2.24) is 0 Å². The summed E-state index contributed by atoms with van der Waals surface area (Å²) in [6.07, 6.45) is -0.359. The third-order valence-electron chi connectivity index (χ3n) is 3.08. The lowest BCUT2D eigenvalue weighted by atomic mass is 10.1. The molecule has 3 nitrogen and oxygen atoms in total. The van der Waals surface area contributed by atoms with E-state index in [2.05, 4.69) is 0 Å². The molecule has 2 aromatic carbocycles. The van der Waals surface area contributed by atoms with Crippen LogP contribution in [0.1, 0.15) is 5.56 Å². The average Bonchev–Trinajstić information content (AvgIpc) is 2.63. The summed E-state index contributed by atoms with van der Waals surface area (Å²) in [7, 11) is 1.41. The molecule has 1 aliphatic heterocycles. The summed E-state index contributed by atoms with van der Waals surface area (Å²) in [5, 5.41) is 0. The van der Waals surface area contributed by atoms with Gasteiger partial charge in [0, 0.05) is 10.6 Å². The van der Waals surface area contributed by atoms with Crippen molar-refractivity contribution >= 4 is 29.2 Å². The first-order valence-corrected chi connectivity index (χ1v) is 6.97. The van der Waals surface area contributed by atoms with Gasteiger partial charge in [0.1, 0.15) is 0 Å². The molecule has 0 aromatic heterocycles. The van der Waals surface area contributed by atoms with Crippen LogP contribution in [-0.2, 0) is 10.5 Å². The fourth-order valence-corrected chi connectivity index (χ4v) is 3.23. The van der Waals surface area contributed by atoms with Crippen molar-refractivity contribution < 1.29 is 9.53 Å². The molecule has 0 unspecified atom stereocenters. The first-order valence-electron chi connectivity index (χ1n) is 5.99. The van der Waals surface area contributed by atoms with Gasteiger partial charge in [-0.05, 0) is 23.8 Å². The number of carbonyl (C=O) groups excluding carboxylic acids is 1. The number of para-hydroxylation sites is 2. The summed E-state index contributed by atoms with van der Waals surface area (Å²) in [6.45, 7) is 0. The Labute approximate surface area is 116 Å². The van der Waals surface area contributed by atoms with E-state index in [4.69, 9.17) is 4.74 Å². The summed E-state index contributed by atoms with van der Waals surface area (Å²) >= 11 is 1.73. The highest BCUT2D eigenvalue weighted by Gasteiger charge is 2.26. The summed E-state index contributed by atoms with van der Waals surface area (Å²) in [5.74, 6) is 0.848. The van der Waals surface area contributed by atoms with E-state index in [1.54, 1.807) is 16.7 Å². The highest BCUT2D eigenvalue weighted by atomic mass is 32.2. The molecular formula is C15H13NO2S. The lowest BCUT2D eigenvalue weighted by molar-refractivity contribution is 0.181. The number of hydrogen-bond donors (Lipinski definition) is 0. The lowest BCUT2D eigenvalue weighted by Gasteiger charge is -2.22. The third kappa shape index (κ3) is 2.08. The fraction of sp³-hybridized carbons (Fsp3) is 0.133. The Bertz CT molecular complexity index is 580. The van der Waals surface area contributed by atoms with E-state index < -0.39 is 0 Å². The van der Waals surface area contributed by atoms with Crippen molar-refractivity contribution in [2.45, 2.75) is 10.6 Å². The first-order chi connectivity index (χ1) is 9.31. The zero-order valence-corrected chi connectivity index (χ0v) is 11.3. The minimum Gasteiger partial charge on any atom is -0.452 e. The first kappa shape index (κ1) is 12.1. The van der Waals surface area contributed by atoms with Gasteiger partial charge in [-0.2, -0.15) is 0 Å². The Hall–Kier alpha value is -1.94. The number of anilines is 2. The van der Waals surface area contributed by atoms with Crippen molar-refractivity contribution in [2.75, 3.05) is 12.0 Å². The van der Waals surface area contributed by atoms with E-state index >= 15 is 0 Å². The molecule has 1 aliphatic rings. The number of amides is 1. The van der Waals surface area contributed by atoms with Crippen LogP contribution in [-0.4, -0.2) is 13.2 Å². The molecule has 0 bridgehead atoms. The van der Waals surface area contributed by atoms with Crippen LogP contribution in [0.15, 0.2) is 53.4 Å². The number of fused-ring (bicyclic) bond motifs is 2. The quantitative estimate of drug-likeness (QED) is 0.719. The van der Waals surface area contributed by atoms with Gasteiger partial charge in [-0.15, -0.1) is 11.8 Å². The number of nitrogens with zero attached hydrogens (tertiary/aromatic N) is 1. The van der Waals surface area contributed by atoms with Crippen LogP contribution in [0.25, 0.3) is 0 Å². The van der Waals surface area contributed by atoms with E-state index in [0.29, 0.717) is 0 Å². The van der Waals surface area contributed by atoms with Gasteiger partial charge in [-0.1, -0.05) is 30.3 Å². The van der Waals surface area contributed by atoms with Gasteiger partial charge in [0.25, 0.3) is 0 Å². The van der Waals surface area contributed by atoms with E-state index in [-0.39, 0.29) is 6.09 Å². The monoisotopic (exact) mass is 271 g/mol. The number of ether oxygens (including phenoxy) is 1. The summed E-state index contributed by atoms with van der Waals surface area (Å²) in [5.41, 5.74) is 2.91. The second-order valence-electron chi connectivity index (χ2n) is 4.19. The van der Waals surface area contributed by atoms with Crippen molar-refractivity contribution in [2.24, 2.45) is 0 Å². The normalized spacial score (nSPS) is 13.2. The largest absolute Gasteiger partial charge is 0.452 e. The Kier molecular flexibility index (Phi) is 3.17. The van der Waals surface area contributed by atoms with Gasteiger partial charge < -0.3 is 4.74 Å². The maximum absolute atomic E-state index is 12.1. The van der Waals surface area contributed by atoms with Crippen LogP contribution in [0.5, 0.6) is 0 Å². The van der Waals surface area contributed by atoms with Gasteiger partial charge in [0.05, 0.1) is 18.5 Å². The summed E-state index contributed by atoms with van der Waals surface area (Å²) in [6, 6.07) is 15.8. The van der Waals surface area contributed by atoms with Crippen molar-refractivity contribution in [3.8, 4) is 0 Å². The van der Waals surface area contributed by atoms with Crippen molar-refractivity contribution in [3.05, 3.63) is 54.1 Å². The van der Waals surface area contributed by atoms with E-state index in [1.807, 2.05) is 48.5 Å². The fourth-order valence-electron chi connectivity index (χ4n) is 2.19. The number of methoxy groups -OCH3 is 1. The molecule has 0 radical (unpaired) electrons. The molecular weight excluding hydrogens is 258 g/mol. The Morgan fingerprint density at radius 1 is 1.11 bits per heavy atom. The molecule has 0 spiro atoms. The standard InChI is InChI=1S/C15H13NO2S/c1-18-15(17)16-12-7-3-2-6-11(12)10-19-14-9-5-4-8-13(14)16/h2-9H,10H2,1H3. The molecule has 19 heavy (non-hydrogen) atoms. The van der Waals surface area contributed by atoms with Crippen LogP contribution in [0.2, 0.25) is 0 Å². The summed E-state index contributed by atoms with van der Waals surface area (Å²) < 4.78 is 4.94. The Morgan fingerprint density at radius 2 is 1.79 bits per heavy atom.